The van der Waals surface area contributed by atoms with Crippen molar-refractivity contribution in [2.75, 3.05) is 5.73 Å². The Kier molecular flexibility index (Phi) is 5.31. The van der Waals surface area contributed by atoms with Crippen LogP contribution in [0.15, 0.2) is 41.0 Å². The van der Waals surface area contributed by atoms with E-state index < -0.39 is 5.60 Å². The number of nitrogens with two attached hydrogens (primary N) is 1. The van der Waals surface area contributed by atoms with Gasteiger partial charge < -0.3 is 20.1 Å². The number of aliphatic hydroxyl groups is 1. The fourth-order valence-electron chi connectivity index (χ4n) is 3.05. The van der Waals surface area contributed by atoms with Gasteiger partial charge in [-0.1, -0.05) is 36.3 Å². The largest absolute Gasteiger partial charge is 0.473 e. The van der Waals surface area contributed by atoms with Gasteiger partial charge in [-0.3, -0.25) is 0 Å². The molecule has 0 radical (unpaired) electrons. The van der Waals surface area contributed by atoms with Gasteiger partial charge in [-0.15, -0.1) is 0 Å². The summed E-state index contributed by atoms with van der Waals surface area (Å²) in [5, 5.41) is 17.6. The van der Waals surface area contributed by atoms with Crippen LogP contribution in [0.3, 0.4) is 0 Å². The number of rotatable bonds is 5. The van der Waals surface area contributed by atoms with Gasteiger partial charge in [-0.25, -0.2) is 14.6 Å². The van der Waals surface area contributed by atoms with Crippen LogP contribution in [0.4, 0.5) is 5.82 Å². The minimum Gasteiger partial charge on any atom is -0.473 e. The highest BCUT2D eigenvalue weighted by Crippen LogP contribution is 2.30. The molecule has 158 valence electrons. The Labute approximate surface area is 178 Å². The Morgan fingerprint density at radius 3 is 2.61 bits per heavy atom. The van der Waals surface area contributed by atoms with E-state index in [1.807, 2.05) is 41.8 Å². The third kappa shape index (κ3) is 4.34. The Morgan fingerprint density at radius 1 is 1.19 bits per heavy atom. The first kappa shape index (κ1) is 20.4. The van der Waals surface area contributed by atoms with Crippen LogP contribution in [0.25, 0.3) is 22.6 Å². The molecule has 31 heavy (non-hydrogen) atoms. The van der Waals surface area contributed by atoms with E-state index in [4.69, 9.17) is 15.1 Å². The number of imidazole rings is 1. The van der Waals surface area contributed by atoms with Crippen LogP contribution in [0.5, 0.6) is 5.88 Å². The van der Waals surface area contributed by atoms with Gasteiger partial charge in [0.05, 0.1) is 5.52 Å². The van der Waals surface area contributed by atoms with Crippen molar-refractivity contribution >= 4 is 16.9 Å². The number of ether oxygens (including phenoxy) is 1. The summed E-state index contributed by atoms with van der Waals surface area (Å²) >= 11 is 0. The Morgan fingerprint density at radius 2 is 1.97 bits per heavy atom. The van der Waals surface area contributed by atoms with Crippen LogP contribution in [0.1, 0.15) is 32.0 Å². The lowest BCUT2D eigenvalue weighted by Crippen LogP contribution is -2.14. The maximum atomic E-state index is 10.1. The number of anilines is 1. The van der Waals surface area contributed by atoms with E-state index in [1.165, 1.54) is 0 Å². The third-order valence-electron chi connectivity index (χ3n) is 4.47. The van der Waals surface area contributed by atoms with Crippen LogP contribution in [0, 0.1) is 11.8 Å². The number of nitrogen functional groups attached to an aromatic ring is 1. The monoisotopic (exact) mass is 418 g/mol. The SMILES string of the molecule is CCn1c(-c2nonc2N)nc2c(C#CC(C)(C)O)nc(OCc3ccccc3)cc21. The van der Waals surface area contributed by atoms with Crippen molar-refractivity contribution in [3.8, 4) is 29.2 Å². The molecule has 9 heteroatoms. The van der Waals surface area contributed by atoms with Crippen molar-refractivity contribution in [2.45, 2.75) is 39.5 Å². The minimum atomic E-state index is -1.19. The zero-order chi connectivity index (χ0) is 22.0. The highest BCUT2D eigenvalue weighted by Gasteiger charge is 2.21. The standard InChI is InChI=1S/C22H22N6O3/c1-4-28-16-12-17(30-13-14-8-6-5-7-9-14)24-15(10-11-22(2,3)29)18(16)25-21(28)19-20(23)27-31-26-19/h5-9,12,29H,4,13H2,1-3H3,(H2,23,27). The number of hydrogen-bond donors (Lipinski definition) is 2. The molecule has 4 rings (SSSR count). The lowest BCUT2D eigenvalue weighted by molar-refractivity contribution is 0.143. The second-order valence-electron chi connectivity index (χ2n) is 7.44. The number of benzene rings is 1. The molecule has 0 spiro atoms. The van der Waals surface area contributed by atoms with Crippen LogP contribution >= 0.6 is 0 Å². The summed E-state index contributed by atoms with van der Waals surface area (Å²) in [7, 11) is 0. The van der Waals surface area contributed by atoms with Crippen molar-refractivity contribution in [3.63, 3.8) is 0 Å². The van der Waals surface area contributed by atoms with Crippen molar-refractivity contribution in [1.29, 1.82) is 0 Å². The van der Waals surface area contributed by atoms with Gasteiger partial charge in [0.25, 0.3) is 0 Å². The number of nitrogens with zero attached hydrogens (tertiary/aromatic N) is 5. The van der Waals surface area contributed by atoms with Gasteiger partial charge in [-0.05, 0) is 42.6 Å². The summed E-state index contributed by atoms with van der Waals surface area (Å²) in [6.07, 6.45) is 0. The summed E-state index contributed by atoms with van der Waals surface area (Å²) < 4.78 is 12.6. The molecule has 0 saturated carbocycles. The molecule has 0 saturated heterocycles. The molecule has 0 aliphatic heterocycles. The van der Waals surface area contributed by atoms with Crippen LogP contribution in [0.2, 0.25) is 0 Å². The highest BCUT2D eigenvalue weighted by molar-refractivity contribution is 5.86. The van der Waals surface area contributed by atoms with Crippen molar-refractivity contribution in [2.24, 2.45) is 0 Å². The maximum Gasteiger partial charge on any atom is 0.217 e. The maximum absolute atomic E-state index is 10.1. The number of hydrogen-bond acceptors (Lipinski definition) is 8. The van der Waals surface area contributed by atoms with E-state index in [2.05, 4.69) is 32.1 Å². The zero-order valence-corrected chi connectivity index (χ0v) is 17.5. The summed E-state index contributed by atoms with van der Waals surface area (Å²) in [5.74, 6) is 6.75. The molecule has 9 nitrogen and oxygen atoms in total. The molecule has 0 aliphatic carbocycles. The second kappa shape index (κ2) is 8.08. The average Bonchev–Trinajstić information content (AvgIpc) is 3.33. The first-order valence-electron chi connectivity index (χ1n) is 9.77. The van der Waals surface area contributed by atoms with Gasteiger partial charge in [0.1, 0.15) is 23.4 Å². The predicted octanol–water partition coefficient (Wildman–Crippen LogP) is 2.78. The number of aromatic nitrogens is 5. The smallest absolute Gasteiger partial charge is 0.217 e. The fraction of sp³-hybridized carbons (Fsp3) is 0.273. The minimum absolute atomic E-state index is 0.141. The van der Waals surface area contributed by atoms with Gasteiger partial charge in [-0.2, -0.15) is 0 Å². The molecular formula is C22H22N6O3. The zero-order valence-electron chi connectivity index (χ0n) is 17.5. The van der Waals surface area contributed by atoms with Crippen molar-refractivity contribution < 1.29 is 14.5 Å². The number of fused-ring (bicyclic) bond motifs is 1. The van der Waals surface area contributed by atoms with Crippen LogP contribution in [-0.2, 0) is 13.2 Å². The van der Waals surface area contributed by atoms with Crippen molar-refractivity contribution in [3.05, 3.63) is 47.7 Å². The van der Waals surface area contributed by atoms with E-state index in [9.17, 15) is 5.11 Å². The average molecular weight is 418 g/mol. The van der Waals surface area contributed by atoms with E-state index in [0.717, 1.165) is 11.1 Å². The van der Waals surface area contributed by atoms with Crippen LogP contribution < -0.4 is 10.5 Å². The van der Waals surface area contributed by atoms with Crippen molar-refractivity contribution in [1.82, 2.24) is 24.8 Å². The Hall–Kier alpha value is -3.90. The van der Waals surface area contributed by atoms with Gasteiger partial charge in [0.15, 0.2) is 17.3 Å². The van der Waals surface area contributed by atoms with E-state index in [0.29, 0.717) is 41.8 Å². The summed E-state index contributed by atoms with van der Waals surface area (Å²) in [5.41, 5.74) is 7.73. The highest BCUT2D eigenvalue weighted by atomic mass is 16.6. The van der Waals surface area contributed by atoms with E-state index in [1.54, 1.807) is 19.9 Å². The molecular weight excluding hydrogens is 396 g/mol. The van der Waals surface area contributed by atoms with Gasteiger partial charge >= 0.3 is 0 Å². The Balaban J connectivity index is 1.85. The van der Waals surface area contributed by atoms with E-state index in [-0.39, 0.29) is 5.82 Å². The van der Waals surface area contributed by atoms with E-state index >= 15 is 0 Å². The molecule has 0 unspecified atom stereocenters. The summed E-state index contributed by atoms with van der Waals surface area (Å²) in [4.78, 5) is 9.20. The molecule has 0 bridgehead atoms. The molecule has 3 heterocycles. The predicted molar refractivity (Wildman–Crippen MR) is 115 cm³/mol. The lowest BCUT2D eigenvalue weighted by Gasteiger charge is -2.09. The topological polar surface area (TPSA) is 125 Å². The Bertz CT molecular complexity index is 1280. The molecule has 0 amide bonds. The molecule has 3 aromatic heterocycles. The van der Waals surface area contributed by atoms with Gasteiger partial charge in [0.2, 0.25) is 5.88 Å². The second-order valence-corrected chi connectivity index (χ2v) is 7.44. The first-order chi connectivity index (χ1) is 14.9. The molecule has 3 N–H and O–H groups in total. The first-order valence-corrected chi connectivity index (χ1v) is 9.77. The fourth-order valence-corrected chi connectivity index (χ4v) is 3.05. The molecule has 4 aromatic rings. The molecule has 1 aromatic carbocycles. The van der Waals surface area contributed by atoms with Crippen LogP contribution in [-0.4, -0.2) is 35.6 Å². The van der Waals surface area contributed by atoms with Gasteiger partial charge in [0, 0.05) is 12.6 Å². The summed E-state index contributed by atoms with van der Waals surface area (Å²) in [6.45, 7) is 6.11. The molecule has 0 aliphatic rings. The lowest BCUT2D eigenvalue weighted by atomic mass is 10.1. The number of aryl methyl sites for hydroxylation is 1. The molecule has 0 fully saturated rings. The third-order valence-corrected chi connectivity index (χ3v) is 4.47. The number of pyridine rings is 1. The quantitative estimate of drug-likeness (QED) is 0.474. The normalized spacial score (nSPS) is 11.4. The summed E-state index contributed by atoms with van der Waals surface area (Å²) in [6, 6.07) is 11.6. The molecule has 0 atom stereocenters.